The van der Waals surface area contributed by atoms with Crippen LogP contribution in [0.2, 0.25) is 0 Å². The molecule has 1 heterocycles. The molecule has 0 saturated carbocycles. The van der Waals surface area contributed by atoms with Crippen LogP contribution in [0.25, 0.3) is 0 Å². The van der Waals surface area contributed by atoms with Gasteiger partial charge >= 0.3 is 0 Å². The van der Waals surface area contributed by atoms with Gasteiger partial charge in [-0.2, -0.15) is 0 Å². The molecule has 0 bridgehead atoms. The van der Waals surface area contributed by atoms with Crippen molar-refractivity contribution < 1.29 is 13.9 Å². The van der Waals surface area contributed by atoms with Gasteiger partial charge in [0.1, 0.15) is 11.6 Å². The van der Waals surface area contributed by atoms with Crippen molar-refractivity contribution in [1.29, 1.82) is 0 Å². The molecular weight excluding hydrogens is 287 g/mol. The van der Waals surface area contributed by atoms with Crippen molar-refractivity contribution in [1.82, 2.24) is 0 Å². The molecule has 0 aliphatic heterocycles. The second-order valence-corrected chi connectivity index (χ2v) is 4.72. The molecule has 0 fully saturated rings. The Balaban J connectivity index is 2.18. The first kappa shape index (κ1) is 12.3. The monoisotopic (exact) mass is 298 g/mol. The Hall–Kier alpha value is -1.13. The maximum Gasteiger partial charge on any atom is 0.137 e. The van der Waals surface area contributed by atoms with Gasteiger partial charge < -0.3 is 9.52 Å². The van der Waals surface area contributed by atoms with Gasteiger partial charge in [0.25, 0.3) is 0 Å². The lowest BCUT2D eigenvalue weighted by molar-refractivity contribution is 0.177. The quantitative estimate of drug-likeness (QED) is 0.936. The summed E-state index contributed by atoms with van der Waals surface area (Å²) >= 11 is 3.18. The molecule has 0 amide bonds. The Bertz CT molecular complexity index is 522. The van der Waals surface area contributed by atoms with E-state index >= 15 is 0 Å². The first-order chi connectivity index (χ1) is 8.08. The third-order valence-electron chi connectivity index (χ3n) is 2.58. The van der Waals surface area contributed by atoms with Crippen molar-refractivity contribution in [2.45, 2.75) is 19.4 Å². The second kappa shape index (κ2) is 5.02. The molecule has 1 N–H and O–H groups in total. The van der Waals surface area contributed by atoms with E-state index in [1.54, 1.807) is 18.2 Å². The summed E-state index contributed by atoms with van der Waals surface area (Å²) < 4.78 is 18.8. The Morgan fingerprint density at radius 1 is 1.47 bits per heavy atom. The van der Waals surface area contributed by atoms with E-state index in [9.17, 15) is 9.50 Å². The van der Waals surface area contributed by atoms with Crippen LogP contribution in [0, 0.1) is 12.7 Å². The van der Waals surface area contributed by atoms with Crippen LogP contribution in [0.4, 0.5) is 4.39 Å². The number of hydrogen-bond acceptors (Lipinski definition) is 2. The number of aliphatic hydroxyl groups is 1. The molecule has 1 atom stereocenters. The van der Waals surface area contributed by atoms with Gasteiger partial charge in [0.2, 0.25) is 0 Å². The number of hydrogen-bond donors (Lipinski definition) is 1. The fourth-order valence-electron chi connectivity index (χ4n) is 1.67. The molecule has 2 nitrogen and oxygen atoms in total. The van der Waals surface area contributed by atoms with E-state index in [1.165, 1.54) is 12.3 Å². The smallest absolute Gasteiger partial charge is 0.137 e. The summed E-state index contributed by atoms with van der Waals surface area (Å²) in [5.74, 6) is 0.426. The van der Waals surface area contributed by atoms with Gasteiger partial charge in [-0.1, -0.05) is 12.1 Å². The van der Waals surface area contributed by atoms with Crippen molar-refractivity contribution in [3.63, 3.8) is 0 Å². The lowest BCUT2D eigenvalue weighted by atomic mass is 10.0. The number of aliphatic hydroxyl groups excluding tert-OH is 1. The van der Waals surface area contributed by atoms with Gasteiger partial charge in [-0.25, -0.2) is 4.39 Å². The molecule has 17 heavy (non-hydrogen) atoms. The lowest BCUT2D eigenvalue weighted by Crippen LogP contribution is -2.01. The summed E-state index contributed by atoms with van der Waals surface area (Å²) in [5, 5.41) is 10.00. The summed E-state index contributed by atoms with van der Waals surface area (Å²) in [7, 11) is 0. The van der Waals surface area contributed by atoms with Gasteiger partial charge in [-0.3, -0.25) is 0 Å². The van der Waals surface area contributed by atoms with Gasteiger partial charge in [-0.05, 0) is 40.5 Å². The number of halogens is 2. The van der Waals surface area contributed by atoms with E-state index < -0.39 is 6.10 Å². The summed E-state index contributed by atoms with van der Waals surface area (Å²) in [6, 6.07) is 6.56. The van der Waals surface area contributed by atoms with Crippen molar-refractivity contribution >= 4 is 15.9 Å². The molecule has 1 unspecified atom stereocenters. The SMILES string of the molecule is Cc1cc(C(O)Cc2cccc(F)c2Br)co1. The first-order valence-electron chi connectivity index (χ1n) is 5.24. The Morgan fingerprint density at radius 2 is 2.24 bits per heavy atom. The first-order valence-corrected chi connectivity index (χ1v) is 6.03. The lowest BCUT2D eigenvalue weighted by Gasteiger charge is -2.10. The molecule has 0 radical (unpaired) electrons. The molecule has 1 aromatic carbocycles. The molecular formula is C13H12BrFO2. The third-order valence-corrected chi connectivity index (χ3v) is 3.47. The highest BCUT2D eigenvalue weighted by Crippen LogP contribution is 2.26. The van der Waals surface area contributed by atoms with Crippen LogP contribution >= 0.6 is 15.9 Å². The van der Waals surface area contributed by atoms with Crippen LogP contribution in [-0.4, -0.2) is 5.11 Å². The van der Waals surface area contributed by atoms with Crippen molar-refractivity contribution in [3.05, 3.63) is 57.7 Å². The van der Waals surface area contributed by atoms with E-state index in [0.29, 0.717) is 16.5 Å². The van der Waals surface area contributed by atoms with E-state index in [4.69, 9.17) is 4.42 Å². The maximum absolute atomic E-state index is 13.3. The molecule has 2 aromatic rings. The van der Waals surface area contributed by atoms with Crippen LogP contribution in [0.15, 0.2) is 39.4 Å². The van der Waals surface area contributed by atoms with E-state index in [1.807, 2.05) is 6.92 Å². The molecule has 0 aliphatic carbocycles. The van der Waals surface area contributed by atoms with Crippen molar-refractivity contribution in [2.24, 2.45) is 0 Å². The maximum atomic E-state index is 13.3. The zero-order valence-electron chi connectivity index (χ0n) is 9.28. The molecule has 1 aromatic heterocycles. The Labute approximate surface area is 107 Å². The standard InChI is InChI=1S/C13H12BrFO2/c1-8-5-10(7-17-8)12(16)6-9-3-2-4-11(15)13(9)14/h2-5,7,12,16H,6H2,1H3. The van der Waals surface area contributed by atoms with Crippen molar-refractivity contribution in [3.8, 4) is 0 Å². The molecule has 4 heteroatoms. The minimum atomic E-state index is -0.689. The summed E-state index contributed by atoms with van der Waals surface area (Å²) in [4.78, 5) is 0. The van der Waals surface area contributed by atoms with Crippen LogP contribution in [0.1, 0.15) is 23.0 Å². The van der Waals surface area contributed by atoms with E-state index in [0.717, 1.165) is 11.3 Å². The highest BCUT2D eigenvalue weighted by molar-refractivity contribution is 9.10. The minimum absolute atomic E-state index is 0.321. The van der Waals surface area contributed by atoms with Crippen molar-refractivity contribution in [2.75, 3.05) is 0 Å². The van der Waals surface area contributed by atoms with Crippen LogP contribution in [0.5, 0.6) is 0 Å². The van der Waals surface area contributed by atoms with Gasteiger partial charge in [-0.15, -0.1) is 0 Å². The largest absolute Gasteiger partial charge is 0.469 e. The Kier molecular flexibility index (Phi) is 3.64. The normalized spacial score (nSPS) is 12.7. The molecule has 0 aliphatic rings. The zero-order valence-corrected chi connectivity index (χ0v) is 10.9. The fourth-order valence-corrected chi connectivity index (χ4v) is 2.10. The zero-order chi connectivity index (χ0) is 12.4. The minimum Gasteiger partial charge on any atom is -0.469 e. The van der Waals surface area contributed by atoms with E-state index in [-0.39, 0.29) is 5.82 Å². The second-order valence-electron chi connectivity index (χ2n) is 3.92. The topological polar surface area (TPSA) is 33.4 Å². The van der Waals surface area contributed by atoms with E-state index in [2.05, 4.69) is 15.9 Å². The van der Waals surface area contributed by atoms with Gasteiger partial charge in [0.05, 0.1) is 16.8 Å². The predicted octanol–water partition coefficient (Wildman–Crippen LogP) is 3.77. The number of rotatable bonds is 3. The van der Waals surface area contributed by atoms with Gasteiger partial charge in [0.15, 0.2) is 0 Å². The summed E-state index contributed by atoms with van der Waals surface area (Å²) in [5.41, 5.74) is 1.44. The number of aryl methyl sites for hydroxylation is 1. The van der Waals surface area contributed by atoms with Crippen LogP contribution in [-0.2, 0) is 6.42 Å². The average molecular weight is 299 g/mol. The fraction of sp³-hybridized carbons (Fsp3) is 0.231. The van der Waals surface area contributed by atoms with Crippen LogP contribution < -0.4 is 0 Å². The molecule has 0 saturated heterocycles. The highest BCUT2D eigenvalue weighted by Gasteiger charge is 2.14. The number of benzene rings is 1. The summed E-state index contributed by atoms with van der Waals surface area (Å²) in [6.07, 6.45) is 1.18. The Morgan fingerprint density at radius 3 is 2.88 bits per heavy atom. The average Bonchev–Trinajstić information content (AvgIpc) is 2.72. The summed E-state index contributed by atoms with van der Waals surface area (Å²) in [6.45, 7) is 1.81. The number of furan rings is 1. The molecule has 90 valence electrons. The molecule has 2 rings (SSSR count). The van der Waals surface area contributed by atoms with Gasteiger partial charge in [0, 0.05) is 12.0 Å². The molecule has 0 spiro atoms. The third kappa shape index (κ3) is 2.76. The highest BCUT2D eigenvalue weighted by atomic mass is 79.9. The predicted molar refractivity (Wildman–Crippen MR) is 66.2 cm³/mol. The van der Waals surface area contributed by atoms with Crippen LogP contribution in [0.3, 0.4) is 0 Å².